The smallest absolute Gasteiger partial charge is 0.275 e. The number of hydrogen-bond donors (Lipinski definition) is 1. The van der Waals surface area contributed by atoms with E-state index in [-0.39, 0.29) is 5.91 Å². The van der Waals surface area contributed by atoms with Crippen LogP contribution in [0.2, 0.25) is 0 Å². The molecule has 1 amide bonds. The van der Waals surface area contributed by atoms with Gasteiger partial charge in [0.25, 0.3) is 5.91 Å². The Morgan fingerprint density at radius 1 is 1.04 bits per heavy atom. The molecule has 0 saturated carbocycles. The minimum absolute atomic E-state index is 0.263. The number of carbonyl (C=O) groups is 1. The summed E-state index contributed by atoms with van der Waals surface area (Å²) in [5.41, 5.74) is 1.84. The fourth-order valence-electron chi connectivity index (χ4n) is 2.39. The van der Waals surface area contributed by atoms with Crippen LogP contribution in [0, 0.1) is 0 Å². The highest BCUT2D eigenvalue weighted by Gasteiger charge is 2.26. The number of rotatable bonds is 4. The Morgan fingerprint density at radius 2 is 1.67 bits per heavy atom. The number of carbonyl (C=O) groups excluding carboxylic acids is 1. The zero-order valence-corrected chi connectivity index (χ0v) is 14.8. The van der Waals surface area contributed by atoms with Gasteiger partial charge < -0.3 is 14.8 Å². The Hall–Kier alpha value is -2.60. The molecular formula is C18H15BrN2O3. The fourth-order valence-corrected chi connectivity index (χ4v) is 2.65. The van der Waals surface area contributed by atoms with Crippen LogP contribution in [0.3, 0.4) is 0 Å². The van der Waals surface area contributed by atoms with Gasteiger partial charge in [0, 0.05) is 4.47 Å². The number of amides is 1. The van der Waals surface area contributed by atoms with E-state index in [0.717, 1.165) is 10.0 Å². The number of benzene rings is 2. The van der Waals surface area contributed by atoms with Crippen molar-refractivity contribution in [1.29, 1.82) is 0 Å². The summed E-state index contributed by atoms with van der Waals surface area (Å²) in [7, 11) is 3.13. The number of halogens is 1. The van der Waals surface area contributed by atoms with Gasteiger partial charge in [0.1, 0.15) is 28.6 Å². The van der Waals surface area contributed by atoms with Crippen molar-refractivity contribution in [3.05, 3.63) is 63.8 Å². The largest absolute Gasteiger partial charge is 0.496 e. The molecule has 6 heteroatoms. The lowest BCUT2D eigenvalue weighted by molar-refractivity contribution is -0.115. The van der Waals surface area contributed by atoms with Gasteiger partial charge in [-0.25, -0.2) is 4.99 Å². The molecule has 0 bridgehead atoms. The third-order valence-electron chi connectivity index (χ3n) is 3.53. The normalized spacial score (nSPS) is 15.2. The standard InChI is InChI=1S/C18H15BrN2O3/c1-23-14-4-3-5-15(24-2)16(14)17-20-13(18(22)21-17)10-11-6-8-12(19)9-7-11/h3-10H,1-2H3,(H,20,21,22)/b13-10+. The summed E-state index contributed by atoms with van der Waals surface area (Å²) in [6, 6.07) is 13.0. The van der Waals surface area contributed by atoms with E-state index in [2.05, 4.69) is 26.2 Å². The van der Waals surface area contributed by atoms with E-state index < -0.39 is 0 Å². The molecule has 3 rings (SSSR count). The van der Waals surface area contributed by atoms with E-state index in [4.69, 9.17) is 9.47 Å². The third-order valence-corrected chi connectivity index (χ3v) is 4.06. The molecule has 0 saturated heterocycles. The molecular weight excluding hydrogens is 372 g/mol. The van der Waals surface area contributed by atoms with Crippen LogP contribution in [0.1, 0.15) is 11.1 Å². The SMILES string of the molecule is COc1cccc(OC)c1C1=N/C(=C/c2ccc(Br)cc2)C(=O)N1. The molecule has 122 valence electrons. The van der Waals surface area contributed by atoms with Crippen LogP contribution in [0.15, 0.2) is 57.6 Å². The summed E-state index contributed by atoms with van der Waals surface area (Å²) in [5, 5.41) is 2.77. The highest BCUT2D eigenvalue weighted by atomic mass is 79.9. The monoisotopic (exact) mass is 386 g/mol. The van der Waals surface area contributed by atoms with E-state index >= 15 is 0 Å². The van der Waals surface area contributed by atoms with E-state index in [9.17, 15) is 4.79 Å². The van der Waals surface area contributed by atoms with Gasteiger partial charge in [-0.3, -0.25) is 4.79 Å². The molecule has 24 heavy (non-hydrogen) atoms. The van der Waals surface area contributed by atoms with Crippen LogP contribution in [0.25, 0.3) is 6.08 Å². The second-order valence-electron chi connectivity index (χ2n) is 5.03. The maximum absolute atomic E-state index is 12.2. The van der Waals surface area contributed by atoms with E-state index in [1.54, 1.807) is 32.4 Å². The van der Waals surface area contributed by atoms with Crippen molar-refractivity contribution in [2.45, 2.75) is 0 Å². The van der Waals surface area contributed by atoms with Gasteiger partial charge >= 0.3 is 0 Å². The van der Waals surface area contributed by atoms with E-state index in [1.807, 2.05) is 30.3 Å². The van der Waals surface area contributed by atoms with Crippen LogP contribution in [-0.2, 0) is 4.79 Å². The van der Waals surface area contributed by atoms with Crippen molar-refractivity contribution in [1.82, 2.24) is 5.32 Å². The molecule has 0 aliphatic carbocycles. The van der Waals surface area contributed by atoms with Crippen molar-refractivity contribution in [3.8, 4) is 11.5 Å². The van der Waals surface area contributed by atoms with Crippen molar-refractivity contribution < 1.29 is 14.3 Å². The van der Waals surface area contributed by atoms with E-state index in [0.29, 0.717) is 28.6 Å². The van der Waals surface area contributed by atoms with Crippen LogP contribution in [0.5, 0.6) is 11.5 Å². The molecule has 0 aromatic heterocycles. The van der Waals surface area contributed by atoms with Crippen LogP contribution in [-0.4, -0.2) is 26.0 Å². The predicted molar refractivity (Wildman–Crippen MR) is 96.3 cm³/mol. The maximum atomic E-state index is 12.2. The topological polar surface area (TPSA) is 59.9 Å². The lowest BCUT2D eigenvalue weighted by atomic mass is 10.1. The summed E-state index contributed by atoms with van der Waals surface area (Å²) in [6.45, 7) is 0. The van der Waals surface area contributed by atoms with Crippen LogP contribution < -0.4 is 14.8 Å². The molecule has 5 nitrogen and oxygen atoms in total. The first-order valence-corrected chi connectivity index (χ1v) is 8.00. The lowest BCUT2D eigenvalue weighted by Crippen LogP contribution is -2.25. The van der Waals surface area contributed by atoms with Crippen molar-refractivity contribution >= 4 is 33.7 Å². The van der Waals surface area contributed by atoms with Crippen LogP contribution in [0.4, 0.5) is 0 Å². The Kier molecular flexibility index (Phi) is 4.66. The molecule has 1 aliphatic rings. The van der Waals surface area contributed by atoms with Gasteiger partial charge in [-0.05, 0) is 35.9 Å². The molecule has 1 heterocycles. The first-order valence-electron chi connectivity index (χ1n) is 7.21. The summed E-state index contributed by atoms with van der Waals surface area (Å²) in [6.07, 6.45) is 1.73. The second-order valence-corrected chi connectivity index (χ2v) is 5.95. The van der Waals surface area contributed by atoms with Gasteiger partial charge in [0.15, 0.2) is 0 Å². The third kappa shape index (κ3) is 3.19. The lowest BCUT2D eigenvalue weighted by Gasteiger charge is -2.12. The molecule has 2 aromatic rings. The predicted octanol–water partition coefficient (Wildman–Crippen LogP) is 3.38. The highest BCUT2D eigenvalue weighted by Crippen LogP contribution is 2.30. The second kappa shape index (κ2) is 6.88. The number of hydrogen-bond acceptors (Lipinski definition) is 4. The molecule has 0 atom stereocenters. The zero-order valence-electron chi connectivity index (χ0n) is 13.2. The summed E-state index contributed by atoms with van der Waals surface area (Å²) >= 11 is 3.39. The summed E-state index contributed by atoms with van der Waals surface area (Å²) in [4.78, 5) is 16.7. The number of amidine groups is 1. The molecule has 0 radical (unpaired) electrons. The Labute approximate surface area is 148 Å². The van der Waals surface area contributed by atoms with E-state index in [1.165, 1.54) is 0 Å². The van der Waals surface area contributed by atoms with Gasteiger partial charge in [0.05, 0.1) is 14.2 Å². The number of ether oxygens (including phenoxy) is 2. The van der Waals surface area contributed by atoms with Crippen molar-refractivity contribution in [2.24, 2.45) is 4.99 Å². The Balaban J connectivity index is 2.02. The molecule has 1 N–H and O–H groups in total. The first kappa shape index (κ1) is 16.3. The minimum atomic E-state index is -0.263. The highest BCUT2D eigenvalue weighted by molar-refractivity contribution is 9.10. The number of nitrogens with zero attached hydrogens (tertiary/aromatic N) is 1. The van der Waals surface area contributed by atoms with Crippen LogP contribution >= 0.6 is 15.9 Å². The van der Waals surface area contributed by atoms with Crippen molar-refractivity contribution in [2.75, 3.05) is 14.2 Å². The van der Waals surface area contributed by atoms with Gasteiger partial charge in [-0.2, -0.15) is 0 Å². The molecule has 1 aliphatic heterocycles. The van der Waals surface area contributed by atoms with Gasteiger partial charge in [0.2, 0.25) is 0 Å². The van der Waals surface area contributed by atoms with Crippen molar-refractivity contribution in [3.63, 3.8) is 0 Å². The Bertz CT molecular complexity index is 820. The average Bonchev–Trinajstić information content (AvgIpc) is 2.96. The molecule has 0 spiro atoms. The van der Waals surface area contributed by atoms with Gasteiger partial charge in [-0.15, -0.1) is 0 Å². The number of methoxy groups -OCH3 is 2. The Morgan fingerprint density at radius 3 is 2.25 bits per heavy atom. The fraction of sp³-hybridized carbons (Fsp3) is 0.111. The molecule has 0 unspecified atom stereocenters. The summed E-state index contributed by atoms with van der Waals surface area (Å²) in [5.74, 6) is 1.31. The van der Waals surface area contributed by atoms with Gasteiger partial charge in [-0.1, -0.05) is 34.1 Å². The zero-order chi connectivity index (χ0) is 17.1. The first-order chi connectivity index (χ1) is 11.6. The minimum Gasteiger partial charge on any atom is -0.496 e. The maximum Gasteiger partial charge on any atom is 0.275 e. The summed E-state index contributed by atoms with van der Waals surface area (Å²) < 4.78 is 11.7. The molecule has 2 aromatic carbocycles. The number of aliphatic imine (C=N–C) groups is 1. The quantitative estimate of drug-likeness (QED) is 0.819. The molecule has 0 fully saturated rings. The number of nitrogens with one attached hydrogen (secondary N) is 1. The average molecular weight is 387 g/mol.